The van der Waals surface area contributed by atoms with E-state index in [1.54, 1.807) is 0 Å². The molecular weight excluding hydrogens is 224 g/mol. The van der Waals surface area contributed by atoms with Gasteiger partial charge in [0.25, 0.3) is 0 Å². The lowest BCUT2D eigenvalue weighted by atomic mass is 10.1. The zero-order chi connectivity index (χ0) is 12.5. The second-order valence-electron chi connectivity index (χ2n) is 5.51. The van der Waals surface area contributed by atoms with Gasteiger partial charge in [0.15, 0.2) is 0 Å². The van der Waals surface area contributed by atoms with Crippen molar-refractivity contribution < 1.29 is 5.11 Å². The molecular formula is C15H22N2O. The Labute approximate surface area is 109 Å². The summed E-state index contributed by atoms with van der Waals surface area (Å²) in [6.45, 7) is 6.49. The number of hydrogen-bond acceptors (Lipinski definition) is 3. The molecule has 2 aliphatic rings. The Morgan fingerprint density at radius 1 is 1.22 bits per heavy atom. The maximum Gasteiger partial charge on any atom is 0.0781 e. The topological polar surface area (TPSA) is 26.7 Å². The zero-order valence-electron chi connectivity index (χ0n) is 11.0. The minimum absolute atomic E-state index is 0.386. The average Bonchev–Trinajstić information content (AvgIpc) is 2.85. The Balaban J connectivity index is 1.82. The fourth-order valence-corrected chi connectivity index (χ4v) is 3.34. The molecule has 0 amide bonds. The van der Waals surface area contributed by atoms with Crippen molar-refractivity contribution in [2.75, 3.05) is 31.1 Å². The normalized spacial score (nSPS) is 26.1. The van der Waals surface area contributed by atoms with Gasteiger partial charge < -0.3 is 10.0 Å². The molecule has 2 fully saturated rings. The number of piperazine rings is 1. The summed E-state index contributed by atoms with van der Waals surface area (Å²) in [7, 11) is 0. The molecule has 1 aromatic carbocycles. The summed E-state index contributed by atoms with van der Waals surface area (Å²) in [6.07, 6.45) is 2.28. The maximum absolute atomic E-state index is 9.89. The van der Waals surface area contributed by atoms with Crippen LogP contribution in [-0.2, 0) is 0 Å². The van der Waals surface area contributed by atoms with E-state index < -0.39 is 0 Å². The third kappa shape index (κ3) is 2.13. The average molecular weight is 246 g/mol. The van der Waals surface area contributed by atoms with Gasteiger partial charge in [0.05, 0.1) is 6.10 Å². The Morgan fingerprint density at radius 3 is 2.89 bits per heavy atom. The van der Waals surface area contributed by atoms with E-state index in [0.717, 1.165) is 24.7 Å². The van der Waals surface area contributed by atoms with Crippen LogP contribution in [0.15, 0.2) is 24.3 Å². The van der Waals surface area contributed by atoms with E-state index in [9.17, 15) is 5.11 Å². The summed E-state index contributed by atoms with van der Waals surface area (Å²) in [5.41, 5.74) is 2.28. The zero-order valence-corrected chi connectivity index (χ0v) is 11.0. The molecule has 0 bridgehead atoms. The molecule has 18 heavy (non-hydrogen) atoms. The summed E-state index contributed by atoms with van der Waals surface area (Å²) < 4.78 is 0. The first-order chi connectivity index (χ1) is 8.75. The van der Waals surface area contributed by atoms with Gasteiger partial charge in [-0.3, -0.25) is 4.90 Å². The SMILES string of the molecule is C[C@H](O)c1ccccc1N1CCN2CCCC2C1. The van der Waals surface area contributed by atoms with Gasteiger partial charge in [-0.1, -0.05) is 18.2 Å². The first kappa shape index (κ1) is 12.0. The monoisotopic (exact) mass is 246 g/mol. The Morgan fingerprint density at radius 2 is 2.06 bits per heavy atom. The molecule has 1 aromatic rings. The fourth-order valence-electron chi connectivity index (χ4n) is 3.34. The molecule has 2 saturated heterocycles. The number of hydrogen-bond donors (Lipinski definition) is 1. The van der Waals surface area contributed by atoms with E-state index in [0.29, 0.717) is 0 Å². The van der Waals surface area contributed by atoms with E-state index in [-0.39, 0.29) is 6.10 Å². The molecule has 1 unspecified atom stereocenters. The van der Waals surface area contributed by atoms with E-state index in [4.69, 9.17) is 0 Å². The van der Waals surface area contributed by atoms with Crippen LogP contribution in [0.1, 0.15) is 31.4 Å². The number of aliphatic hydroxyl groups excluding tert-OH is 1. The molecule has 3 rings (SSSR count). The van der Waals surface area contributed by atoms with E-state index in [1.807, 2.05) is 19.1 Å². The molecule has 3 heteroatoms. The summed E-state index contributed by atoms with van der Waals surface area (Å²) in [5, 5.41) is 9.89. The summed E-state index contributed by atoms with van der Waals surface area (Å²) in [4.78, 5) is 5.07. The van der Waals surface area contributed by atoms with Gasteiger partial charge >= 0.3 is 0 Å². The third-order valence-electron chi connectivity index (χ3n) is 4.31. The number of para-hydroxylation sites is 1. The van der Waals surface area contributed by atoms with Crippen LogP contribution in [0.4, 0.5) is 5.69 Å². The molecule has 2 atom stereocenters. The van der Waals surface area contributed by atoms with Crippen molar-refractivity contribution in [3.8, 4) is 0 Å². The Bertz CT molecular complexity index is 419. The van der Waals surface area contributed by atoms with E-state index >= 15 is 0 Å². The molecule has 2 heterocycles. The largest absolute Gasteiger partial charge is 0.389 e. The van der Waals surface area contributed by atoms with Crippen LogP contribution in [0.25, 0.3) is 0 Å². The van der Waals surface area contributed by atoms with Crippen molar-refractivity contribution in [3.05, 3.63) is 29.8 Å². The highest BCUT2D eigenvalue weighted by Crippen LogP contribution is 2.30. The fraction of sp³-hybridized carbons (Fsp3) is 0.600. The Hall–Kier alpha value is -1.06. The van der Waals surface area contributed by atoms with Crippen LogP contribution in [0.2, 0.25) is 0 Å². The highest BCUT2D eigenvalue weighted by Gasteiger charge is 2.31. The van der Waals surface area contributed by atoms with Gasteiger partial charge in [-0.25, -0.2) is 0 Å². The van der Waals surface area contributed by atoms with E-state index in [2.05, 4.69) is 21.9 Å². The van der Waals surface area contributed by atoms with Crippen molar-refractivity contribution in [1.82, 2.24) is 4.90 Å². The standard InChI is InChI=1S/C15H22N2O/c1-12(18)14-6-2-3-7-15(14)17-10-9-16-8-4-5-13(16)11-17/h2-3,6-7,12-13,18H,4-5,8-11H2,1H3/t12-,13?/m0/s1. The number of aliphatic hydroxyl groups is 1. The van der Waals surface area contributed by atoms with E-state index in [1.165, 1.54) is 31.6 Å². The number of rotatable bonds is 2. The van der Waals surface area contributed by atoms with Crippen LogP contribution < -0.4 is 4.90 Å². The van der Waals surface area contributed by atoms with Gasteiger partial charge in [0.1, 0.15) is 0 Å². The predicted molar refractivity (Wildman–Crippen MR) is 73.9 cm³/mol. The van der Waals surface area contributed by atoms with Crippen LogP contribution >= 0.6 is 0 Å². The van der Waals surface area contributed by atoms with Gasteiger partial charge in [-0.2, -0.15) is 0 Å². The van der Waals surface area contributed by atoms with Crippen LogP contribution in [0.5, 0.6) is 0 Å². The van der Waals surface area contributed by atoms with Gasteiger partial charge in [0.2, 0.25) is 0 Å². The summed E-state index contributed by atoms with van der Waals surface area (Å²) in [6, 6.07) is 8.99. The minimum atomic E-state index is -0.386. The summed E-state index contributed by atoms with van der Waals surface area (Å²) >= 11 is 0. The predicted octanol–water partition coefficient (Wildman–Crippen LogP) is 2.02. The number of fused-ring (bicyclic) bond motifs is 1. The molecule has 1 N–H and O–H groups in total. The molecule has 0 spiro atoms. The first-order valence-electron chi connectivity index (χ1n) is 7.01. The van der Waals surface area contributed by atoms with Crippen LogP contribution in [-0.4, -0.2) is 42.2 Å². The van der Waals surface area contributed by atoms with Crippen molar-refractivity contribution in [3.63, 3.8) is 0 Å². The minimum Gasteiger partial charge on any atom is -0.389 e. The smallest absolute Gasteiger partial charge is 0.0781 e. The molecule has 0 saturated carbocycles. The molecule has 0 aliphatic carbocycles. The molecule has 0 radical (unpaired) electrons. The molecule has 98 valence electrons. The lowest BCUT2D eigenvalue weighted by molar-refractivity contribution is 0.198. The second-order valence-corrected chi connectivity index (χ2v) is 5.51. The lowest BCUT2D eigenvalue weighted by Gasteiger charge is -2.39. The van der Waals surface area contributed by atoms with Crippen molar-refractivity contribution in [2.24, 2.45) is 0 Å². The van der Waals surface area contributed by atoms with Crippen LogP contribution in [0, 0.1) is 0 Å². The first-order valence-corrected chi connectivity index (χ1v) is 7.01. The number of benzene rings is 1. The maximum atomic E-state index is 9.89. The molecule has 3 nitrogen and oxygen atoms in total. The van der Waals surface area contributed by atoms with Crippen molar-refractivity contribution >= 4 is 5.69 Å². The van der Waals surface area contributed by atoms with Crippen LogP contribution in [0.3, 0.4) is 0 Å². The highest BCUT2D eigenvalue weighted by atomic mass is 16.3. The summed E-state index contributed by atoms with van der Waals surface area (Å²) in [5.74, 6) is 0. The van der Waals surface area contributed by atoms with Gasteiger partial charge in [-0.15, -0.1) is 0 Å². The quantitative estimate of drug-likeness (QED) is 0.865. The number of nitrogens with zero attached hydrogens (tertiary/aromatic N) is 2. The van der Waals surface area contributed by atoms with Crippen molar-refractivity contribution in [1.29, 1.82) is 0 Å². The van der Waals surface area contributed by atoms with Gasteiger partial charge in [-0.05, 0) is 32.4 Å². The molecule has 2 aliphatic heterocycles. The second kappa shape index (κ2) is 4.90. The Kier molecular flexibility index (Phi) is 3.27. The third-order valence-corrected chi connectivity index (χ3v) is 4.31. The lowest BCUT2D eigenvalue weighted by Crippen LogP contribution is -2.50. The highest BCUT2D eigenvalue weighted by molar-refractivity contribution is 5.55. The number of anilines is 1. The molecule has 0 aromatic heterocycles. The van der Waals surface area contributed by atoms with Crippen molar-refractivity contribution in [2.45, 2.75) is 31.9 Å². The van der Waals surface area contributed by atoms with Gasteiger partial charge in [0, 0.05) is 36.9 Å².